The Balaban J connectivity index is 1.52. The molecule has 8 nitrogen and oxygen atoms in total. The van der Waals surface area contributed by atoms with E-state index in [1.807, 2.05) is 36.2 Å². The molecule has 1 amide bonds. The summed E-state index contributed by atoms with van der Waals surface area (Å²) in [5.74, 6) is 1.50. The summed E-state index contributed by atoms with van der Waals surface area (Å²) in [6.07, 6.45) is 3.15. The van der Waals surface area contributed by atoms with Gasteiger partial charge in [-0.25, -0.2) is 0 Å². The maximum absolute atomic E-state index is 11.7. The summed E-state index contributed by atoms with van der Waals surface area (Å²) in [5, 5.41) is 6.62. The number of guanidine groups is 1. The first-order chi connectivity index (χ1) is 13.1. The van der Waals surface area contributed by atoms with Crippen LogP contribution in [0.4, 0.5) is 5.69 Å². The standard InChI is InChI=1S/C19H24N6O2/c1-25-11-15(16(20)26)17(22-13-7-8-13)24-19(25)23-14-5-3-12(4-6-14)18-21-9-2-10-27-18/h3-6,13,22H,2,7-11H2,1H3,(H2,20,26)(H,23,24). The van der Waals surface area contributed by atoms with Gasteiger partial charge < -0.3 is 26.0 Å². The number of carbonyl (C=O) groups excluding carboxylic acids is 1. The molecule has 27 heavy (non-hydrogen) atoms. The predicted octanol–water partition coefficient (Wildman–Crippen LogP) is 1.02. The molecule has 2 heterocycles. The number of anilines is 1. The Morgan fingerprint density at radius 2 is 2.07 bits per heavy atom. The first-order valence-electron chi connectivity index (χ1n) is 9.24. The van der Waals surface area contributed by atoms with E-state index in [0.29, 0.717) is 42.4 Å². The first kappa shape index (κ1) is 17.4. The van der Waals surface area contributed by atoms with Gasteiger partial charge in [-0.05, 0) is 37.1 Å². The van der Waals surface area contributed by atoms with Crippen LogP contribution in [-0.4, -0.2) is 55.5 Å². The average Bonchev–Trinajstić information content (AvgIpc) is 3.49. The summed E-state index contributed by atoms with van der Waals surface area (Å²) >= 11 is 0. The van der Waals surface area contributed by atoms with Gasteiger partial charge in [-0.3, -0.25) is 9.79 Å². The number of primary amides is 1. The lowest BCUT2D eigenvalue weighted by molar-refractivity contribution is -0.114. The molecule has 142 valence electrons. The fourth-order valence-electron chi connectivity index (χ4n) is 2.96. The van der Waals surface area contributed by atoms with Crippen molar-refractivity contribution in [1.29, 1.82) is 0 Å². The predicted molar refractivity (Wildman–Crippen MR) is 104 cm³/mol. The smallest absolute Gasteiger partial charge is 0.250 e. The highest BCUT2D eigenvalue weighted by Gasteiger charge is 2.28. The molecule has 0 aromatic heterocycles. The molecule has 1 saturated carbocycles. The van der Waals surface area contributed by atoms with E-state index < -0.39 is 5.91 Å². The van der Waals surface area contributed by atoms with Gasteiger partial charge in [-0.15, -0.1) is 0 Å². The maximum Gasteiger partial charge on any atom is 0.250 e. The largest absolute Gasteiger partial charge is 0.477 e. The number of rotatable bonds is 5. The highest BCUT2D eigenvalue weighted by molar-refractivity contribution is 6.00. The molecule has 4 N–H and O–H groups in total. The van der Waals surface area contributed by atoms with Crippen molar-refractivity contribution in [1.82, 2.24) is 10.2 Å². The summed E-state index contributed by atoms with van der Waals surface area (Å²) in [6, 6.07) is 8.27. The number of hydrogen-bond acceptors (Lipinski definition) is 7. The van der Waals surface area contributed by atoms with Crippen LogP contribution in [0.15, 0.2) is 45.6 Å². The zero-order valence-corrected chi connectivity index (χ0v) is 15.4. The van der Waals surface area contributed by atoms with Crippen LogP contribution >= 0.6 is 0 Å². The number of nitrogens with one attached hydrogen (secondary N) is 2. The van der Waals surface area contributed by atoms with Gasteiger partial charge in [0.2, 0.25) is 17.8 Å². The fourth-order valence-corrected chi connectivity index (χ4v) is 2.96. The van der Waals surface area contributed by atoms with Crippen molar-refractivity contribution in [3.05, 3.63) is 41.2 Å². The highest BCUT2D eigenvalue weighted by Crippen LogP contribution is 2.23. The molecule has 0 unspecified atom stereocenters. The Morgan fingerprint density at radius 1 is 1.30 bits per heavy atom. The number of nitrogens with zero attached hydrogens (tertiary/aromatic N) is 3. The van der Waals surface area contributed by atoms with E-state index in [9.17, 15) is 4.79 Å². The van der Waals surface area contributed by atoms with Crippen molar-refractivity contribution in [3.63, 3.8) is 0 Å². The minimum Gasteiger partial charge on any atom is -0.477 e. The van der Waals surface area contributed by atoms with Crippen molar-refractivity contribution in [2.45, 2.75) is 25.3 Å². The van der Waals surface area contributed by atoms with E-state index in [1.54, 1.807) is 0 Å². The molecule has 0 radical (unpaired) electrons. The molecule has 4 rings (SSSR count). The number of nitrogens with two attached hydrogens (primary N) is 1. The molecule has 3 aliphatic rings. The third-order valence-corrected chi connectivity index (χ3v) is 4.66. The van der Waals surface area contributed by atoms with Crippen LogP contribution < -0.4 is 16.4 Å². The highest BCUT2D eigenvalue weighted by atomic mass is 16.5. The van der Waals surface area contributed by atoms with E-state index in [0.717, 1.165) is 37.1 Å². The topological polar surface area (TPSA) is 104 Å². The van der Waals surface area contributed by atoms with Gasteiger partial charge in [0, 0.05) is 37.3 Å². The molecule has 0 atom stereocenters. The van der Waals surface area contributed by atoms with Crippen molar-refractivity contribution in [3.8, 4) is 0 Å². The SMILES string of the molecule is CN1CC(C(N)=O)=C(NC2CC2)N=C1Nc1ccc(C2=NCCCO2)cc1. The molecule has 8 heteroatoms. The third kappa shape index (κ3) is 4.05. The number of carbonyl (C=O) groups is 1. The summed E-state index contributed by atoms with van der Waals surface area (Å²) in [4.78, 5) is 22.6. The number of aliphatic imine (C=N–C) groups is 2. The lowest BCUT2D eigenvalue weighted by atomic mass is 10.2. The summed E-state index contributed by atoms with van der Waals surface area (Å²) in [7, 11) is 1.88. The molecule has 1 aromatic carbocycles. The molecule has 2 aliphatic heterocycles. The van der Waals surface area contributed by atoms with Crippen LogP contribution in [0, 0.1) is 0 Å². The van der Waals surface area contributed by atoms with Crippen LogP contribution in [-0.2, 0) is 9.53 Å². The first-order valence-corrected chi connectivity index (χ1v) is 9.24. The Morgan fingerprint density at radius 3 is 2.70 bits per heavy atom. The zero-order valence-electron chi connectivity index (χ0n) is 15.4. The normalized spacial score (nSPS) is 19.8. The summed E-state index contributed by atoms with van der Waals surface area (Å²) in [6.45, 7) is 1.94. The Bertz CT molecular complexity index is 823. The molecule has 0 bridgehead atoms. The Hall–Kier alpha value is -3.03. The van der Waals surface area contributed by atoms with Gasteiger partial charge >= 0.3 is 0 Å². The minimum absolute atomic E-state index is 0.387. The van der Waals surface area contributed by atoms with E-state index in [2.05, 4.69) is 20.6 Å². The second-order valence-corrected chi connectivity index (χ2v) is 6.99. The van der Waals surface area contributed by atoms with Crippen molar-refractivity contribution in [2.24, 2.45) is 15.7 Å². The number of benzene rings is 1. The monoisotopic (exact) mass is 368 g/mol. The number of hydrogen-bond donors (Lipinski definition) is 3. The number of likely N-dealkylation sites (N-methyl/N-ethyl adjacent to an activating group) is 1. The van der Waals surface area contributed by atoms with Gasteiger partial charge in [0.05, 0.1) is 18.7 Å². The molecular formula is C19H24N6O2. The maximum atomic E-state index is 11.7. The van der Waals surface area contributed by atoms with Gasteiger partial charge in [-0.2, -0.15) is 4.99 Å². The van der Waals surface area contributed by atoms with E-state index in [1.165, 1.54) is 0 Å². The van der Waals surface area contributed by atoms with Gasteiger partial charge in [-0.1, -0.05) is 0 Å². The van der Waals surface area contributed by atoms with Crippen molar-refractivity contribution < 1.29 is 9.53 Å². The van der Waals surface area contributed by atoms with Crippen LogP contribution in [0.3, 0.4) is 0 Å². The molecule has 1 aromatic rings. The second-order valence-electron chi connectivity index (χ2n) is 6.99. The fraction of sp³-hybridized carbons (Fsp3) is 0.421. The Labute approximate surface area is 158 Å². The van der Waals surface area contributed by atoms with Crippen LogP contribution in [0.5, 0.6) is 0 Å². The molecule has 1 aliphatic carbocycles. The van der Waals surface area contributed by atoms with Gasteiger partial charge in [0.25, 0.3) is 0 Å². The number of ether oxygens (including phenoxy) is 1. The number of amides is 1. The lowest BCUT2D eigenvalue weighted by Crippen LogP contribution is -2.42. The summed E-state index contributed by atoms with van der Waals surface area (Å²) in [5.41, 5.74) is 7.90. The van der Waals surface area contributed by atoms with Crippen LogP contribution in [0.25, 0.3) is 0 Å². The minimum atomic E-state index is -0.439. The molecule has 1 fully saturated rings. The van der Waals surface area contributed by atoms with Gasteiger partial charge in [0.1, 0.15) is 5.82 Å². The zero-order chi connectivity index (χ0) is 18.8. The van der Waals surface area contributed by atoms with Crippen LogP contribution in [0.1, 0.15) is 24.8 Å². The Kier molecular flexibility index (Phi) is 4.70. The lowest BCUT2D eigenvalue weighted by Gasteiger charge is -2.28. The average molecular weight is 368 g/mol. The molecular weight excluding hydrogens is 344 g/mol. The molecule has 0 saturated heterocycles. The molecule has 0 spiro atoms. The van der Waals surface area contributed by atoms with E-state index >= 15 is 0 Å². The van der Waals surface area contributed by atoms with Crippen molar-refractivity contribution >= 4 is 23.5 Å². The van der Waals surface area contributed by atoms with E-state index in [4.69, 9.17) is 10.5 Å². The van der Waals surface area contributed by atoms with Crippen LogP contribution in [0.2, 0.25) is 0 Å². The van der Waals surface area contributed by atoms with Gasteiger partial charge in [0.15, 0.2) is 0 Å². The summed E-state index contributed by atoms with van der Waals surface area (Å²) < 4.78 is 5.60. The second kappa shape index (κ2) is 7.30. The quantitative estimate of drug-likeness (QED) is 0.720. The van der Waals surface area contributed by atoms with Crippen molar-refractivity contribution in [2.75, 3.05) is 32.1 Å². The third-order valence-electron chi connectivity index (χ3n) is 4.66. The van der Waals surface area contributed by atoms with E-state index in [-0.39, 0.29) is 0 Å².